The molecule has 1 aliphatic rings. The highest BCUT2D eigenvalue weighted by molar-refractivity contribution is 5.94. The summed E-state index contributed by atoms with van der Waals surface area (Å²) in [7, 11) is 0. The molecule has 3 aromatic rings. The highest BCUT2D eigenvalue weighted by atomic mass is 19.4. The molecular weight excluding hydrogens is 487 g/mol. The standard InChI is InChI=1S/C26H26F3N5O3/c27-26(28,29)20-8-5-17(6-9-20)24-32-14-19(15-33-24)23(16-3-1-2-4-16)34-21-10-7-18(13-31-21)25(37)30-12-11-22(35)36/h5-10,13-16,23H,1-4,11-12H2,(H,30,37)(H,31,34)(H,35,36). The van der Waals surface area contributed by atoms with Crippen LogP contribution in [-0.2, 0) is 11.0 Å². The van der Waals surface area contributed by atoms with Crippen molar-refractivity contribution in [3.05, 3.63) is 71.7 Å². The van der Waals surface area contributed by atoms with E-state index in [1.807, 2.05) is 0 Å². The third-order valence-corrected chi connectivity index (χ3v) is 6.33. The quantitative estimate of drug-likeness (QED) is 0.364. The smallest absolute Gasteiger partial charge is 0.416 e. The molecule has 1 atom stereocenters. The number of nitrogens with zero attached hydrogens (tertiary/aromatic N) is 3. The number of alkyl halides is 3. The number of carbonyl (C=O) groups is 2. The number of carboxylic acids is 1. The lowest BCUT2D eigenvalue weighted by Gasteiger charge is -2.25. The fraction of sp³-hybridized carbons (Fsp3) is 0.346. The molecule has 1 fully saturated rings. The third kappa shape index (κ3) is 6.81. The van der Waals surface area contributed by atoms with Crippen molar-refractivity contribution in [1.29, 1.82) is 0 Å². The second-order valence-corrected chi connectivity index (χ2v) is 8.91. The van der Waals surface area contributed by atoms with Gasteiger partial charge in [0.25, 0.3) is 5.91 Å². The van der Waals surface area contributed by atoms with Crippen LogP contribution in [0.25, 0.3) is 11.4 Å². The van der Waals surface area contributed by atoms with Gasteiger partial charge in [-0.2, -0.15) is 13.2 Å². The zero-order valence-electron chi connectivity index (χ0n) is 19.8. The van der Waals surface area contributed by atoms with E-state index in [2.05, 4.69) is 25.6 Å². The van der Waals surface area contributed by atoms with Crippen molar-refractivity contribution in [3.8, 4) is 11.4 Å². The van der Waals surface area contributed by atoms with Gasteiger partial charge in [0.15, 0.2) is 5.82 Å². The molecule has 1 aliphatic carbocycles. The third-order valence-electron chi connectivity index (χ3n) is 6.33. The van der Waals surface area contributed by atoms with E-state index in [0.717, 1.165) is 43.4 Å². The van der Waals surface area contributed by atoms with Crippen molar-refractivity contribution < 1.29 is 27.9 Å². The minimum atomic E-state index is -4.40. The molecule has 2 aromatic heterocycles. The van der Waals surface area contributed by atoms with Gasteiger partial charge in [0, 0.05) is 36.3 Å². The van der Waals surface area contributed by atoms with Crippen molar-refractivity contribution in [2.24, 2.45) is 5.92 Å². The summed E-state index contributed by atoms with van der Waals surface area (Å²) in [6, 6.07) is 7.90. The van der Waals surface area contributed by atoms with E-state index in [1.165, 1.54) is 18.3 Å². The average Bonchev–Trinajstić information content (AvgIpc) is 3.42. The molecule has 1 saturated carbocycles. The van der Waals surface area contributed by atoms with Crippen molar-refractivity contribution in [2.45, 2.75) is 44.3 Å². The zero-order chi connectivity index (χ0) is 26.4. The molecule has 1 amide bonds. The fourth-order valence-corrected chi connectivity index (χ4v) is 4.38. The van der Waals surface area contributed by atoms with E-state index >= 15 is 0 Å². The van der Waals surface area contributed by atoms with Crippen LogP contribution in [0, 0.1) is 5.92 Å². The number of rotatable bonds is 9. The first-order chi connectivity index (χ1) is 17.7. The summed E-state index contributed by atoms with van der Waals surface area (Å²) in [5.74, 6) is -0.182. The Balaban J connectivity index is 1.47. The summed E-state index contributed by atoms with van der Waals surface area (Å²) in [4.78, 5) is 35.9. The lowest BCUT2D eigenvalue weighted by molar-refractivity contribution is -0.138. The van der Waals surface area contributed by atoms with E-state index in [0.29, 0.717) is 28.7 Å². The van der Waals surface area contributed by atoms with Crippen molar-refractivity contribution in [1.82, 2.24) is 20.3 Å². The molecule has 0 radical (unpaired) electrons. The normalized spacial score (nSPS) is 14.8. The molecule has 3 N–H and O–H groups in total. The van der Waals surface area contributed by atoms with Gasteiger partial charge in [-0.25, -0.2) is 15.0 Å². The molecule has 11 heteroatoms. The van der Waals surface area contributed by atoms with Crippen molar-refractivity contribution in [2.75, 3.05) is 11.9 Å². The summed E-state index contributed by atoms with van der Waals surface area (Å²) in [6.07, 6.45) is 4.47. The van der Waals surface area contributed by atoms with Crippen LogP contribution in [0.15, 0.2) is 55.0 Å². The van der Waals surface area contributed by atoms with Crippen LogP contribution in [0.3, 0.4) is 0 Å². The molecule has 0 aliphatic heterocycles. The van der Waals surface area contributed by atoms with Gasteiger partial charge in [-0.3, -0.25) is 9.59 Å². The van der Waals surface area contributed by atoms with Crippen LogP contribution < -0.4 is 10.6 Å². The monoisotopic (exact) mass is 513 g/mol. The maximum atomic E-state index is 12.8. The predicted octanol–water partition coefficient (Wildman–Crippen LogP) is 5.11. The largest absolute Gasteiger partial charge is 0.481 e. The van der Waals surface area contributed by atoms with Gasteiger partial charge in [0.2, 0.25) is 0 Å². The number of benzene rings is 1. The Labute approximate surface area is 211 Å². The molecule has 4 rings (SSSR count). The summed E-state index contributed by atoms with van der Waals surface area (Å²) < 4.78 is 38.5. The zero-order valence-corrected chi connectivity index (χ0v) is 19.8. The maximum absolute atomic E-state index is 12.8. The maximum Gasteiger partial charge on any atom is 0.416 e. The first-order valence-electron chi connectivity index (χ1n) is 11.9. The van der Waals surface area contributed by atoms with Gasteiger partial charge in [-0.05, 0) is 43.0 Å². The van der Waals surface area contributed by atoms with Crippen LogP contribution in [0.2, 0.25) is 0 Å². The van der Waals surface area contributed by atoms with Crippen LogP contribution >= 0.6 is 0 Å². The number of aliphatic carboxylic acids is 1. The molecule has 1 aromatic carbocycles. The highest BCUT2D eigenvalue weighted by Gasteiger charge is 2.30. The number of carboxylic acid groups (broad SMARTS) is 1. The summed E-state index contributed by atoms with van der Waals surface area (Å²) in [5, 5.41) is 14.6. The van der Waals surface area contributed by atoms with Gasteiger partial charge in [-0.1, -0.05) is 25.0 Å². The lowest BCUT2D eigenvalue weighted by atomic mass is 9.93. The number of aromatic nitrogens is 3. The van der Waals surface area contributed by atoms with Crippen LogP contribution in [0.1, 0.15) is 59.6 Å². The minimum absolute atomic E-state index is 0.0282. The average molecular weight is 514 g/mol. The second kappa shape index (κ2) is 11.4. The Morgan fingerprint density at radius 2 is 1.65 bits per heavy atom. The van der Waals surface area contributed by atoms with Crippen LogP contribution in [0.4, 0.5) is 19.0 Å². The molecule has 194 valence electrons. The van der Waals surface area contributed by atoms with Gasteiger partial charge in [0.1, 0.15) is 5.82 Å². The Morgan fingerprint density at radius 3 is 2.22 bits per heavy atom. The Kier molecular flexibility index (Phi) is 8.00. The van der Waals surface area contributed by atoms with Crippen LogP contribution in [0.5, 0.6) is 0 Å². The number of carbonyl (C=O) groups excluding carboxylic acids is 1. The highest BCUT2D eigenvalue weighted by Crippen LogP contribution is 2.37. The van der Waals surface area contributed by atoms with Gasteiger partial charge < -0.3 is 15.7 Å². The van der Waals surface area contributed by atoms with E-state index in [9.17, 15) is 22.8 Å². The first-order valence-corrected chi connectivity index (χ1v) is 11.9. The molecule has 0 spiro atoms. The number of anilines is 1. The van der Waals surface area contributed by atoms with Gasteiger partial charge >= 0.3 is 12.1 Å². The molecular formula is C26H26F3N5O3. The molecule has 2 heterocycles. The first kappa shape index (κ1) is 26.1. The lowest BCUT2D eigenvalue weighted by Crippen LogP contribution is -2.26. The minimum Gasteiger partial charge on any atom is -0.481 e. The molecule has 0 saturated heterocycles. The number of pyridine rings is 1. The van der Waals surface area contributed by atoms with E-state index < -0.39 is 23.6 Å². The van der Waals surface area contributed by atoms with E-state index in [1.54, 1.807) is 24.5 Å². The SMILES string of the molecule is O=C(O)CCNC(=O)c1ccc(NC(c2cnc(-c3ccc(C(F)(F)F)cc3)nc2)C2CCCC2)nc1. The summed E-state index contributed by atoms with van der Waals surface area (Å²) >= 11 is 0. The molecule has 8 nitrogen and oxygen atoms in total. The van der Waals surface area contributed by atoms with E-state index in [4.69, 9.17) is 5.11 Å². The molecule has 37 heavy (non-hydrogen) atoms. The predicted molar refractivity (Wildman–Crippen MR) is 130 cm³/mol. The Morgan fingerprint density at radius 1 is 0.973 bits per heavy atom. The fourth-order valence-electron chi connectivity index (χ4n) is 4.38. The van der Waals surface area contributed by atoms with Crippen molar-refractivity contribution >= 4 is 17.7 Å². The summed E-state index contributed by atoms with van der Waals surface area (Å²) in [6.45, 7) is 0.0282. The second-order valence-electron chi connectivity index (χ2n) is 8.91. The van der Waals surface area contributed by atoms with Gasteiger partial charge in [-0.15, -0.1) is 0 Å². The molecule has 0 bridgehead atoms. The number of amides is 1. The van der Waals surface area contributed by atoms with Crippen molar-refractivity contribution in [3.63, 3.8) is 0 Å². The Hall–Kier alpha value is -4.02. The number of hydrogen-bond acceptors (Lipinski definition) is 6. The van der Waals surface area contributed by atoms with Gasteiger partial charge in [0.05, 0.1) is 23.6 Å². The topological polar surface area (TPSA) is 117 Å². The molecule has 1 unspecified atom stereocenters. The number of nitrogens with one attached hydrogen (secondary N) is 2. The summed E-state index contributed by atoms with van der Waals surface area (Å²) in [5.41, 5.74) is 0.913. The Bertz CT molecular complexity index is 1210. The van der Waals surface area contributed by atoms with Crippen LogP contribution in [-0.4, -0.2) is 38.5 Å². The van der Waals surface area contributed by atoms with E-state index in [-0.39, 0.29) is 19.0 Å². The number of halogens is 3. The number of hydrogen-bond donors (Lipinski definition) is 3.